The van der Waals surface area contributed by atoms with Crippen molar-refractivity contribution in [2.45, 2.75) is 19.9 Å². The van der Waals surface area contributed by atoms with Crippen molar-refractivity contribution in [3.63, 3.8) is 0 Å². The molecule has 0 saturated carbocycles. The van der Waals surface area contributed by atoms with Crippen LogP contribution in [0, 0.1) is 11.3 Å². The maximum Gasteiger partial charge on any atom is 0.320 e. The van der Waals surface area contributed by atoms with Crippen molar-refractivity contribution in [2.24, 2.45) is 0 Å². The van der Waals surface area contributed by atoms with Gasteiger partial charge in [0.2, 0.25) is 0 Å². The first-order valence-corrected chi connectivity index (χ1v) is 8.41. The Morgan fingerprint density at radius 3 is 2.48 bits per heavy atom. The van der Waals surface area contributed by atoms with Crippen LogP contribution < -0.4 is 0 Å². The Labute approximate surface area is 143 Å². The van der Waals surface area contributed by atoms with Gasteiger partial charge in [-0.2, -0.15) is 5.26 Å². The number of benzene rings is 1. The van der Waals surface area contributed by atoms with E-state index in [0.717, 1.165) is 18.7 Å². The van der Waals surface area contributed by atoms with E-state index in [2.05, 4.69) is 11.0 Å². The molecule has 6 heteroatoms. The van der Waals surface area contributed by atoms with Gasteiger partial charge in [0, 0.05) is 44.3 Å². The van der Waals surface area contributed by atoms with Crippen LogP contribution in [0.2, 0.25) is 5.02 Å². The van der Waals surface area contributed by atoms with Gasteiger partial charge in [-0.05, 0) is 31.5 Å². The molecule has 0 aliphatic carbocycles. The summed E-state index contributed by atoms with van der Waals surface area (Å²) in [5, 5.41) is 10.2. The molecule has 1 heterocycles. The maximum absolute atomic E-state index is 12.4. The molecular weight excluding hydrogens is 312 g/mol. The number of hydrogen-bond acceptors (Lipinski definition) is 3. The Morgan fingerprint density at radius 1 is 1.30 bits per heavy atom. The van der Waals surface area contributed by atoms with Crippen LogP contribution in [-0.2, 0) is 0 Å². The molecule has 1 aromatic carbocycles. The largest absolute Gasteiger partial charge is 0.325 e. The number of piperazine rings is 1. The number of carbonyl (C=O) groups excluding carboxylic acids is 1. The number of hydrogen-bond donors (Lipinski definition) is 0. The molecule has 2 amide bonds. The SMILES string of the molecule is CCN(CC)C(=O)N1CCN(C(C#N)c2cccc(Cl)c2)CC1. The van der Waals surface area contributed by atoms with Crippen LogP contribution >= 0.6 is 11.6 Å². The lowest BCUT2D eigenvalue weighted by atomic mass is 10.1. The lowest BCUT2D eigenvalue weighted by molar-refractivity contribution is 0.104. The molecule has 0 spiro atoms. The minimum absolute atomic E-state index is 0.0888. The van der Waals surface area contributed by atoms with Crippen LogP contribution in [-0.4, -0.2) is 60.0 Å². The van der Waals surface area contributed by atoms with E-state index in [1.807, 2.05) is 41.8 Å². The number of nitriles is 1. The van der Waals surface area contributed by atoms with Gasteiger partial charge in [0.15, 0.2) is 0 Å². The second-order valence-corrected chi connectivity index (χ2v) is 6.00. The zero-order valence-electron chi connectivity index (χ0n) is 13.7. The molecule has 1 aromatic rings. The number of nitrogens with zero attached hydrogens (tertiary/aromatic N) is 4. The predicted octanol–water partition coefficient (Wildman–Crippen LogP) is 2.98. The fourth-order valence-corrected chi connectivity index (χ4v) is 3.11. The van der Waals surface area contributed by atoms with Crippen LogP contribution in [0.3, 0.4) is 0 Å². The summed E-state index contributed by atoms with van der Waals surface area (Å²) in [7, 11) is 0. The molecule has 1 fully saturated rings. The predicted molar refractivity (Wildman–Crippen MR) is 91.3 cm³/mol. The summed E-state index contributed by atoms with van der Waals surface area (Å²) >= 11 is 6.03. The molecule has 5 nitrogen and oxygen atoms in total. The highest BCUT2D eigenvalue weighted by Gasteiger charge is 2.28. The van der Waals surface area contributed by atoms with E-state index >= 15 is 0 Å². The fraction of sp³-hybridized carbons (Fsp3) is 0.529. The molecule has 23 heavy (non-hydrogen) atoms. The van der Waals surface area contributed by atoms with Crippen molar-refractivity contribution in [2.75, 3.05) is 39.3 Å². The fourth-order valence-electron chi connectivity index (χ4n) is 2.91. The lowest BCUT2D eigenvalue weighted by Gasteiger charge is -2.38. The minimum atomic E-state index is -0.320. The van der Waals surface area contributed by atoms with E-state index in [1.54, 1.807) is 6.07 Å². The molecular formula is C17H23ClN4O. The van der Waals surface area contributed by atoms with Crippen molar-refractivity contribution in [1.82, 2.24) is 14.7 Å². The van der Waals surface area contributed by atoms with E-state index in [0.29, 0.717) is 31.2 Å². The zero-order chi connectivity index (χ0) is 16.8. The highest BCUT2D eigenvalue weighted by atomic mass is 35.5. The summed E-state index contributed by atoms with van der Waals surface area (Å²) < 4.78 is 0. The van der Waals surface area contributed by atoms with Crippen molar-refractivity contribution in [3.05, 3.63) is 34.9 Å². The summed E-state index contributed by atoms with van der Waals surface area (Å²) in [4.78, 5) is 18.2. The second kappa shape index (κ2) is 8.19. The third-order valence-electron chi connectivity index (χ3n) is 4.27. The average Bonchev–Trinajstić information content (AvgIpc) is 2.57. The lowest BCUT2D eigenvalue weighted by Crippen LogP contribution is -2.53. The minimum Gasteiger partial charge on any atom is -0.325 e. The highest BCUT2D eigenvalue weighted by molar-refractivity contribution is 6.30. The van der Waals surface area contributed by atoms with E-state index in [9.17, 15) is 10.1 Å². The van der Waals surface area contributed by atoms with E-state index in [-0.39, 0.29) is 12.1 Å². The molecule has 1 atom stereocenters. The highest BCUT2D eigenvalue weighted by Crippen LogP contribution is 2.24. The second-order valence-electron chi connectivity index (χ2n) is 5.56. The third-order valence-corrected chi connectivity index (χ3v) is 4.51. The van der Waals surface area contributed by atoms with Gasteiger partial charge in [-0.1, -0.05) is 23.7 Å². The Kier molecular flexibility index (Phi) is 6.26. The van der Waals surface area contributed by atoms with Crippen LogP contribution in [0.15, 0.2) is 24.3 Å². The Hall–Kier alpha value is -1.77. The molecule has 1 saturated heterocycles. The molecule has 0 N–H and O–H groups in total. The molecule has 124 valence electrons. The normalized spacial score (nSPS) is 16.7. The first kappa shape index (κ1) is 17.6. The molecule has 0 radical (unpaired) electrons. The summed E-state index contributed by atoms with van der Waals surface area (Å²) in [6.45, 7) is 8.10. The first-order valence-electron chi connectivity index (χ1n) is 8.03. The molecule has 0 bridgehead atoms. The third kappa shape index (κ3) is 4.15. The van der Waals surface area contributed by atoms with Gasteiger partial charge in [0.25, 0.3) is 0 Å². The first-order chi connectivity index (χ1) is 11.1. The Morgan fingerprint density at radius 2 is 1.96 bits per heavy atom. The van der Waals surface area contributed by atoms with Crippen LogP contribution in [0.1, 0.15) is 25.5 Å². The quantitative estimate of drug-likeness (QED) is 0.850. The molecule has 1 aliphatic heterocycles. The summed E-state index contributed by atoms with van der Waals surface area (Å²) in [5.41, 5.74) is 0.906. The van der Waals surface area contributed by atoms with E-state index in [4.69, 9.17) is 11.6 Å². The Bertz CT molecular complexity index is 574. The monoisotopic (exact) mass is 334 g/mol. The smallest absolute Gasteiger partial charge is 0.320 e. The Balaban J connectivity index is 2.00. The van der Waals surface area contributed by atoms with E-state index < -0.39 is 0 Å². The van der Waals surface area contributed by atoms with Gasteiger partial charge in [-0.3, -0.25) is 4.90 Å². The molecule has 2 rings (SSSR count). The van der Waals surface area contributed by atoms with Crippen LogP contribution in [0.25, 0.3) is 0 Å². The molecule has 1 unspecified atom stereocenters. The standard InChI is InChI=1S/C17H23ClN4O/c1-3-20(4-2)17(23)22-10-8-21(9-11-22)16(13-19)14-6-5-7-15(18)12-14/h5-7,12,16H,3-4,8-11H2,1-2H3. The number of amides is 2. The topological polar surface area (TPSA) is 50.6 Å². The van der Waals surface area contributed by atoms with Crippen molar-refractivity contribution < 1.29 is 4.79 Å². The van der Waals surface area contributed by atoms with Crippen molar-refractivity contribution in [1.29, 1.82) is 5.26 Å². The van der Waals surface area contributed by atoms with Gasteiger partial charge >= 0.3 is 6.03 Å². The average molecular weight is 335 g/mol. The van der Waals surface area contributed by atoms with E-state index in [1.165, 1.54) is 0 Å². The van der Waals surface area contributed by atoms with Gasteiger partial charge in [-0.25, -0.2) is 4.79 Å². The summed E-state index contributed by atoms with van der Waals surface area (Å²) in [6, 6.07) is 9.56. The van der Waals surface area contributed by atoms with Crippen molar-refractivity contribution in [3.8, 4) is 6.07 Å². The van der Waals surface area contributed by atoms with Gasteiger partial charge in [-0.15, -0.1) is 0 Å². The van der Waals surface area contributed by atoms with Crippen molar-refractivity contribution >= 4 is 17.6 Å². The number of carbonyl (C=O) groups is 1. The van der Waals surface area contributed by atoms with Gasteiger partial charge in [0.1, 0.15) is 6.04 Å². The zero-order valence-corrected chi connectivity index (χ0v) is 14.5. The molecule has 0 aromatic heterocycles. The number of urea groups is 1. The van der Waals surface area contributed by atoms with Crippen LogP contribution in [0.5, 0.6) is 0 Å². The number of rotatable bonds is 4. The maximum atomic E-state index is 12.4. The van der Waals surface area contributed by atoms with Crippen LogP contribution in [0.4, 0.5) is 4.79 Å². The summed E-state index contributed by atoms with van der Waals surface area (Å²) in [6.07, 6.45) is 0. The van der Waals surface area contributed by atoms with Gasteiger partial charge in [0.05, 0.1) is 6.07 Å². The number of halogens is 1. The van der Waals surface area contributed by atoms with Gasteiger partial charge < -0.3 is 9.80 Å². The molecule has 1 aliphatic rings. The summed E-state index contributed by atoms with van der Waals surface area (Å²) in [5.74, 6) is 0.